The number of morpholine rings is 1. The molecule has 2 saturated heterocycles. The van der Waals surface area contributed by atoms with Gasteiger partial charge in [0.15, 0.2) is 0 Å². The molecule has 11 heteroatoms. The molecule has 228 valence electrons. The predicted molar refractivity (Wildman–Crippen MR) is 167 cm³/mol. The number of urea groups is 1. The third-order valence-corrected chi connectivity index (χ3v) is 7.67. The molecule has 3 amide bonds. The number of hydrogen-bond acceptors (Lipinski definition) is 7. The van der Waals surface area contributed by atoms with E-state index in [0.717, 1.165) is 69.5 Å². The van der Waals surface area contributed by atoms with Crippen LogP contribution in [0, 0.1) is 5.82 Å². The van der Waals surface area contributed by atoms with Gasteiger partial charge >= 0.3 is 6.03 Å². The van der Waals surface area contributed by atoms with Crippen LogP contribution in [0.5, 0.6) is 5.75 Å². The number of carbonyl (C=O) groups excluding carboxylic acids is 2. The molecule has 2 fully saturated rings. The summed E-state index contributed by atoms with van der Waals surface area (Å²) in [5.41, 5.74) is 3.14. The summed E-state index contributed by atoms with van der Waals surface area (Å²) in [7, 11) is 1.68. The van der Waals surface area contributed by atoms with Gasteiger partial charge in [-0.1, -0.05) is 18.2 Å². The van der Waals surface area contributed by atoms with Crippen molar-refractivity contribution in [3.8, 4) is 5.75 Å². The third kappa shape index (κ3) is 8.14. The number of ether oxygens (including phenoxy) is 2. The van der Waals surface area contributed by atoms with Gasteiger partial charge in [-0.2, -0.15) is 0 Å². The molecule has 0 bridgehead atoms. The topological polar surface area (TPSA) is 98.4 Å². The number of halogens is 1. The van der Waals surface area contributed by atoms with Crippen LogP contribution in [0.15, 0.2) is 66.7 Å². The molecule has 2 aliphatic rings. The van der Waals surface area contributed by atoms with Gasteiger partial charge in [0, 0.05) is 62.9 Å². The van der Waals surface area contributed by atoms with E-state index >= 15 is 0 Å². The minimum absolute atomic E-state index is 0.196. The van der Waals surface area contributed by atoms with Crippen molar-refractivity contribution in [3.63, 3.8) is 0 Å². The molecule has 0 spiro atoms. The maximum absolute atomic E-state index is 13.6. The molecule has 43 heavy (non-hydrogen) atoms. The minimum atomic E-state index is -0.527. The number of piperazine rings is 1. The van der Waals surface area contributed by atoms with E-state index in [-0.39, 0.29) is 5.91 Å². The summed E-state index contributed by atoms with van der Waals surface area (Å²) in [5, 5.41) is 8.48. The Hall–Kier alpha value is -4.35. The smallest absolute Gasteiger partial charge is 0.323 e. The van der Waals surface area contributed by atoms with Crippen molar-refractivity contribution in [2.24, 2.45) is 0 Å². The summed E-state index contributed by atoms with van der Waals surface area (Å²) in [6.45, 7) is 7.67. The number of amides is 3. The molecule has 3 aromatic rings. The zero-order valence-corrected chi connectivity index (χ0v) is 24.5. The van der Waals surface area contributed by atoms with Crippen molar-refractivity contribution in [2.75, 3.05) is 93.1 Å². The summed E-state index contributed by atoms with van der Waals surface area (Å²) < 4.78 is 24.5. The van der Waals surface area contributed by atoms with Gasteiger partial charge in [0.1, 0.15) is 11.6 Å². The van der Waals surface area contributed by atoms with Crippen molar-refractivity contribution < 1.29 is 23.5 Å². The lowest BCUT2D eigenvalue weighted by Gasteiger charge is -2.38. The van der Waals surface area contributed by atoms with Gasteiger partial charge in [0.05, 0.1) is 31.6 Å². The van der Waals surface area contributed by atoms with Crippen LogP contribution in [0.4, 0.5) is 31.9 Å². The van der Waals surface area contributed by atoms with E-state index in [0.29, 0.717) is 36.6 Å². The Morgan fingerprint density at radius 2 is 1.53 bits per heavy atom. The van der Waals surface area contributed by atoms with Gasteiger partial charge in [0.2, 0.25) is 0 Å². The molecular weight excluding hydrogens is 551 g/mol. The first-order valence-electron chi connectivity index (χ1n) is 14.7. The summed E-state index contributed by atoms with van der Waals surface area (Å²) >= 11 is 0. The zero-order valence-electron chi connectivity index (χ0n) is 24.5. The first-order chi connectivity index (χ1) is 21.0. The van der Waals surface area contributed by atoms with Crippen LogP contribution in [0.2, 0.25) is 0 Å². The second kappa shape index (κ2) is 14.7. The Kier molecular flexibility index (Phi) is 10.3. The largest absolute Gasteiger partial charge is 0.495 e. The molecule has 2 aliphatic heterocycles. The van der Waals surface area contributed by atoms with Crippen LogP contribution in [0.1, 0.15) is 16.8 Å². The highest BCUT2D eigenvalue weighted by atomic mass is 19.1. The van der Waals surface area contributed by atoms with Crippen LogP contribution in [0.25, 0.3) is 0 Å². The Labute approximate surface area is 251 Å². The second-order valence-corrected chi connectivity index (χ2v) is 10.5. The Morgan fingerprint density at radius 3 is 2.26 bits per heavy atom. The molecule has 0 aromatic heterocycles. The van der Waals surface area contributed by atoms with E-state index in [1.807, 2.05) is 24.3 Å². The fraction of sp³-hybridized carbons (Fsp3) is 0.375. The zero-order chi connectivity index (χ0) is 30.0. The normalized spacial score (nSPS) is 15.6. The maximum atomic E-state index is 13.6. The Morgan fingerprint density at radius 1 is 0.837 bits per heavy atom. The van der Waals surface area contributed by atoms with Crippen LogP contribution in [-0.4, -0.2) is 89.5 Å². The third-order valence-electron chi connectivity index (χ3n) is 7.67. The molecule has 0 saturated carbocycles. The maximum Gasteiger partial charge on any atom is 0.323 e. The molecule has 0 radical (unpaired) electrons. The van der Waals surface area contributed by atoms with Crippen molar-refractivity contribution in [1.82, 2.24) is 10.2 Å². The summed E-state index contributed by atoms with van der Waals surface area (Å²) in [5.74, 6) is 0.193. The van der Waals surface area contributed by atoms with E-state index in [2.05, 4.69) is 36.7 Å². The highest BCUT2D eigenvalue weighted by Crippen LogP contribution is 2.31. The van der Waals surface area contributed by atoms with Gasteiger partial charge in [0.25, 0.3) is 5.91 Å². The van der Waals surface area contributed by atoms with Crippen molar-refractivity contribution >= 4 is 34.7 Å². The van der Waals surface area contributed by atoms with Gasteiger partial charge in [-0.15, -0.1) is 0 Å². The quantitative estimate of drug-likeness (QED) is 0.304. The van der Waals surface area contributed by atoms with Crippen molar-refractivity contribution in [2.45, 2.75) is 6.42 Å². The van der Waals surface area contributed by atoms with Crippen LogP contribution < -0.4 is 30.5 Å². The van der Waals surface area contributed by atoms with E-state index in [1.54, 1.807) is 25.3 Å². The van der Waals surface area contributed by atoms with E-state index < -0.39 is 11.8 Å². The number of carbonyl (C=O) groups is 2. The summed E-state index contributed by atoms with van der Waals surface area (Å²) in [6, 6.07) is 18.5. The number of para-hydroxylation sites is 2. The van der Waals surface area contributed by atoms with Gasteiger partial charge in [-0.25, -0.2) is 9.18 Å². The monoisotopic (exact) mass is 590 g/mol. The summed E-state index contributed by atoms with van der Waals surface area (Å²) in [6.07, 6.45) is 0.826. The second-order valence-electron chi connectivity index (χ2n) is 10.5. The number of hydrogen-bond donors (Lipinski definition) is 3. The molecule has 0 aliphatic carbocycles. The molecule has 0 atom stereocenters. The number of nitrogens with one attached hydrogen (secondary N) is 3. The number of methoxy groups -OCH3 is 1. The lowest BCUT2D eigenvalue weighted by Crippen LogP contribution is -2.47. The average Bonchev–Trinajstić information content (AvgIpc) is 3.03. The van der Waals surface area contributed by atoms with E-state index in [4.69, 9.17) is 9.47 Å². The van der Waals surface area contributed by atoms with Crippen LogP contribution in [0.3, 0.4) is 0 Å². The lowest BCUT2D eigenvalue weighted by atomic mass is 10.1. The molecule has 3 aromatic carbocycles. The van der Waals surface area contributed by atoms with E-state index in [9.17, 15) is 14.0 Å². The average molecular weight is 591 g/mol. The van der Waals surface area contributed by atoms with Gasteiger partial charge in [-0.3, -0.25) is 9.69 Å². The highest BCUT2D eigenvalue weighted by molar-refractivity contribution is 6.04. The molecule has 0 unspecified atom stereocenters. The Balaban J connectivity index is 1.27. The first-order valence-corrected chi connectivity index (χ1v) is 14.7. The summed E-state index contributed by atoms with van der Waals surface area (Å²) in [4.78, 5) is 33.0. The number of anilines is 4. The first kappa shape index (κ1) is 30.1. The highest BCUT2D eigenvalue weighted by Gasteiger charge is 2.24. The van der Waals surface area contributed by atoms with E-state index in [1.165, 1.54) is 18.2 Å². The van der Waals surface area contributed by atoms with Gasteiger partial charge in [-0.05, 0) is 61.5 Å². The SMILES string of the molecule is COc1ccccc1N1CCN(c2ccc(NC(=O)Nc3cccc(F)c3)cc2C(=O)NCCCN2CCOCC2)CC1. The molecule has 2 heterocycles. The Bertz CT molecular complexity index is 1390. The molecule has 10 nitrogen and oxygen atoms in total. The predicted octanol–water partition coefficient (Wildman–Crippen LogP) is 4.26. The van der Waals surface area contributed by atoms with Crippen molar-refractivity contribution in [3.05, 3.63) is 78.1 Å². The molecule has 3 N–H and O–H groups in total. The number of rotatable bonds is 10. The minimum Gasteiger partial charge on any atom is -0.495 e. The fourth-order valence-electron chi connectivity index (χ4n) is 5.43. The van der Waals surface area contributed by atoms with Gasteiger partial charge < -0.3 is 35.2 Å². The molecule has 5 rings (SSSR count). The standard InChI is InChI=1S/C32H39FN6O4/c1-42-30-9-3-2-8-29(30)39-16-14-38(15-17-39)28-11-10-26(36-32(41)35-25-7-4-6-24(33)22-25)23-27(28)31(40)34-12-5-13-37-18-20-43-21-19-37/h2-4,6-11,22-23H,5,12-21H2,1H3,(H,34,40)(H2,35,36,41). The number of benzene rings is 3. The number of nitrogens with zero attached hydrogens (tertiary/aromatic N) is 3. The fourth-order valence-corrected chi connectivity index (χ4v) is 5.43. The molecular formula is C32H39FN6O4. The van der Waals surface area contributed by atoms with Crippen LogP contribution >= 0.6 is 0 Å². The lowest BCUT2D eigenvalue weighted by molar-refractivity contribution is 0.0374. The van der Waals surface area contributed by atoms with Crippen molar-refractivity contribution in [1.29, 1.82) is 0 Å². The van der Waals surface area contributed by atoms with Crippen LogP contribution in [-0.2, 0) is 4.74 Å².